The molecule has 2 N–H and O–H groups in total. The van der Waals surface area contributed by atoms with Crippen molar-refractivity contribution in [2.24, 2.45) is 5.92 Å². The quantitative estimate of drug-likeness (QED) is 0.726. The third-order valence-electron chi connectivity index (χ3n) is 4.55. The molecule has 3 nitrogen and oxygen atoms in total. The third-order valence-corrected chi connectivity index (χ3v) is 4.55. The van der Waals surface area contributed by atoms with Crippen LogP contribution in [0.5, 0.6) is 5.75 Å². The van der Waals surface area contributed by atoms with Gasteiger partial charge in [0.05, 0.1) is 0 Å². The summed E-state index contributed by atoms with van der Waals surface area (Å²) in [6, 6.07) is 8.38. The Bertz CT molecular complexity index is 402. The summed E-state index contributed by atoms with van der Waals surface area (Å²) in [6.07, 6.45) is 3.38. The highest BCUT2D eigenvalue weighted by molar-refractivity contribution is 5.34. The van der Waals surface area contributed by atoms with Gasteiger partial charge in [-0.1, -0.05) is 51.8 Å². The van der Waals surface area contributed by atoms with Gasteiger partial charge in [0, 0.05) is 24.2 Å². The summed E-state index contributed by atoms with van der Waals surface area (Å²) in [5.74, 6) is 1.09. The summed E-state index contributed by atoms with van der Waals surface area (Å²) < 4.78 is 0. The van der Waals surface area contributed by atoms with E-state index >= 15 is 0 Å². The van der Waals surface area contributed by atoms with Gasteiger partial charge < -0.3 is 15.3 Å². The molecular weight excluding hydrogens is 260 g/mol. The lowest BCUT2D eigenvalue weighted by Gasteiger charge is -2.33. The Balaban J connectivity index is 2.75. The molecule has 0 spiro atoms. The van der Waals surface area contributed by atoms with Gasteiger partial charge >= 0.3 is 0 Å². The van der Waals surface area contributed by atoms with Gasteiger partial charge in [-0.15, -0.1) is 0 Å². The van der Waals surface area contributed by atoms with Gasteiger partial charge in [-0.25, -0.2) is 0 Å². The Morgan fingerprint density at radius 3 is 2.14 bits per heavy atom. The molecule has 0 amide bonds. The molecule has 2 atom stereocenters. The molecular formula is C18H32N2O. The van der Waals surface area contributed by atoms with E-state index in [1.165, 1.54) is 12.8 Å². The molecule has 0 heterocycles. The summed E-state index contributed by atoms with van der Waals surface area (Å²) in [6.45, 7) is 7.65. The maximum atomic E-state index is 10.0. The predicted octanol–water partition coefficient (Wildman–Crippen LogP) is 3.80. The minimum atomic E-state index is 0.211. The summed E-state index contributed by atoms with van der Waals surface area (Å²) in [5.41, 5.74) is 1.00. The van der Waals surface area contributed by atoms with Crippen LogP contribution in [0.15, 0.2) is 24.3 Å². The van der Waals surface area contributed by atoms with E-state index in [0.29, 0.717) is 17.7 Å². The average Bonchev–Trinajstić information content (AvgIpc) is 2.48. The van der Waals surface area contributed by atoms with Gasteiger partial charge in [-0.2, -0.15) is 0 Å². The Morgan fingerprint density at radius 1 is 1.05 bits per heavy atom. The zero-order chi connectivity index (χ0) is 15.8. The fraction of sp³-hybridized carbons (Fsp3) is 0.667. The third kappa shape index (κ3) is 5.01. The van der Waals surface area contributed by atoms with Crippen molar-refractivity contribution in [1.29, 1.82) is 0 Å². The number of phenolic OH excluding ortho intramolecular Hbond substituents is 1. The van der Waals surface area contributed by atoms with E-state index in [1.54, 1.807) is 6.07 Å². The molecule has 1 aromatic rings. The highest BCUT2D eigenvalue weighted by Gasteiger charge is 2.22. The Morgan fingerprint density at radius 2 is 1.67 bits per heavy atom. The lowest BCUT2D eigenvalue weighted by Crippen LogP contribution is -2.43. The van der Waals surface area contributed by atoms with E-state index in [9.17, 15) is 5.11 Å². The van der Waals surface area contributed by atoms with Crippen molar-refractivity contribution >= 4 is 0 Å². The summed E-state index contributed by atoms with van der Waals surface area (Å²) in [7, 11) is 4.32. The Kier molecular flexibility index (Phi) is 7.76. The van der Waals surface area contributed by atoms with E-state index in [0.717, 1.165) is 18.5 Å². The molecule has 0 aliphatic heterocycles. The second kappa shape index (κ2) is 9.06. The molecule has 0 radical (unpaired) electrons. The largest absolute Gasteiger partial charge is 0.508 e. The van der Waals surface area contributed by atoms with Crippen molar-refractivity contribution in [1.82, 2.24) is 10.2 Å². The van der Waals surface area contributed by atoms with Crippen LogP contribution < -0.4 is 5.32 Å². The SMILES string of the molecule is CCC(NCC(C(CC)CC)N(C)C)c1ccccc1O. The minimum absolute atomic E-state index is 0.211. The Labute approximate surface area is 130 Å². The van der Waals surface area contributed by atoms with Crippen molar-refractivity contribution in [2.45, 2.75) is 52.1 Å². The summed E-state index contributed by atoms with van der Waals surface area (Å²) >= 11 is 0. The Hall–Kier alpha value is -1.06. The first-order valence-corrected chi connectivity index (χ1v) is 8.22. The molecule has 3 heteroatoms. The monoisotopic (exact) mass is 292 g/mol. The van der Waals surface area contributed by atoms with Crippen LogP contribution in [0.1, 0.15) is 51.6 Å². The number of aromatic hydroxyl groups is 1. The molecule has 0 saturated carbocycles. The van der Waals surface area contributed by atoms with Crippen molar-refractivity contribution in [3.63, 3.8) is 0 Å². The normalized spacial score (nSPS) is 14.6. The number of hydrogen-bond acceptors (Lipinski definition) is 3. The molecule has 0 aliphatic rings. The number of benzene rings is 1. The maximum absolute atomic E-state index is 10.0. The maximum Gasteiger partial charge on any atom is 0.120 e. The zero-order valence-electron chi connectivity index (χ0n) is 14.3. The van der Waals surface area contributed by atoms with E-state index in [2.05, 4.69) is 45.1 Å². The number of nitrogens with zero attached hydrogens (tertiary/aromatic N) is 1. The van der Waals surface area contributed by atoms with Crippen LogP contribution in [0.3, 0.4) is 0 Å². The molecule has 0 fully saturated rings. The molecule has 0 bridgehead atoms. The van der Waals surface area contributed by atoms with Crippen LogP contribution in [0.4, 0.5) is 0 Å². The van der Waals surface area contributed by atoms with Crippen LogP contribution in [0.25, 0.3) is 0 Å². The van der Waals surface area contributed by atoms with Crippen molar-refractivity contribution in [2.75, 3.05) is 20.6 Å². The summed E-state index contributed by atoms with van der Waals surface area (Å²) in [5, 5.41) is 13.7. The van der Waals surface area contributed by atoms with Crippen LogP contribution >= 0.6 is 0 Å². The van der Waals surface area contributed by atoms with Crippen LogP contribution in [0, 0.1) is 5.92 Å². The number of rotatable bonds is 9. The van der Waals surface area contributed by atoms with Gasteiger partial charge in [0.2, 0.25) is 0 Å². The second-order valence-electron chi connectivity index (χ2n) is 6.04. The molecule has 120 valence electrons. The van der Waals surface area contributed by atoms with Gasteiger partial charge in [0.25, 0.3) is 0 Å². The standard InChI is InChI=1S/C18H32N2O/c1-6-14(7-2)17(20(4)5)13-19-16(8-3)15-11-9-10-12-18(15)21/h9-12,14,16-17,19,21H,6-8,13H2,1-5H3. The van der Waals surface area contributed by atoms with Gasteiger partial charge in [-0.05, 0) is 32.5 Å². The number of nitrogens with one attached hydrogen (secondary N) is 1. The minimum Gasteiger partial charge on any atom is -0.508 e. The van der Waals surface area contributed by atoms with Crippen molar-refractivity contribution in [3.05, 3.63) is 29.8 Å². The van der Waals surface area contributed by atoms with E-state index in [4.69, 9.17) is 0 Å². The van der Waals surface area contributed by atoms with Gasteiger partial charge in [0.1, 0.15) is 5.75 Å². The first-order chi connectivity index (χ1) is 10.0. The predicted molar refractivity (Wildman–Crippen MR) is 90.7 cm³/mol. The van der Waals surface area contributed by atoms with Crippen LogP contribution in [0.2, 0.25) is 0 Å². The van der Waals surface area contributed by atoms with Crippen molar-refractivity contribution in [3.8, 4) is 5.75 Å². The average molecular weight is 292 g/mol. The second-order valence-corrected chi connectivity index (χ2v) is 6.04. The summed E-state index contributed by atoms with van der Waals surface area (Å²) in [4.78, 5) is 2.32. The first-order valence-electron chi connectivity index (χ1n) is 8.22. The molecule has 0 aromatic heterocycles. The van der Waals surface area contributed by atoms with Gasteiger partial charge in [0.15, 0.2) is 0 Å². The fourth-order valence-corrected chi connectivity index (χ4v) is 3.12. The van der Waals surface area contributed by atoms with Gasteiger partial charge in [-0.3, -0.25) is 0 Å². The lowest BCUT2D eigenvalue weighted by molar-refractivity contribution is 0.188. The zero-order valence-corrected chi connectivity index (χ0v) is 14.3. The molecule has 21 heavy (non-hydrogen) atoms. The van der Waals surface area contributed by atoms with Crippen LogP contribution in [-0.2, 0) is 0 Å². The lowest BCUT2D eigenvalue weighted by atomic mass is 9.92. The molecule has 0 aliphatic carbocycles. The smallest absolute Gasteiger partial charge is 0.120 e. The number of hydrogen-bond donors (Lipinski definition) is 2. The number of para-hydroxylation sites is 1. The highest BCUT2D eigenvalue weighted by Crippen LogP contribution is 2.26. The first kappa shape index (κ1) is 18.0. The molecule has 1 rings (SSSR count). The number of phenols is 1. The van der Waals surface area contributed by atoms with Crippen molar-refractivity contribution < 1.29 is 5.11 Å². The van der Waals surface area contributed by atoms with E-state index in [-0.39, 0.29) is 6.04 Å². The topological polar surface area (TPSA) is 35.5 Å². The molecule has 0 saturated heterocycles. The van der Waals surface area contributed by atoms with E-state index < -0.39 is 0 Å². The highest BCUT2D eigenvalue weighted by atomic mass is 16.3. The molecule has 1 aromatic carbocycles. The molecule has 2 unspecified atom stereocenters. The van der Waals surface area contributed by atoms with E-state index in [1.807, 2.05) is 18.2 Å². The van der Waals surface area contributed by atoms with Crippen LogP contribution in [-0.4, -0.2) is 36.7 Å². The number of likely N-dealkylation sites (N-methyl/N-ethyl adjacent to an activating group) is 1. The fourth-order valence-electron chi connectivity index (χ4n) is 3.12.